The van der Waals surface area contributed by atoms with Crippen molar-refractivity contribution in [2.75, 3.05) is 4.90 Å². The van der Waals surface area contributed by atoms with Crippen LogP contribution in [-0.2, 0) is 5.41 Å². The molecule has 11 aromatic rings. The standard InChI is InChI=1S/C61H39NOS/c1-2-14-40(15-3-1)41-26-31-44(32-27-41)62(46-35-36-52-51-20-8-13-25-59(51)64-60(52)39-46)45-33-28-42(29-34-45)43-30-37-58-56(38-43)61(55-23-11-12-24-57(55)63-58)53-21-9-6-18-49(53)47-16-4-5-17-48(47)50-19-7-10-22-54(50)61/h1-39H. The lowest BCUT2D eigenvalue weighted by Gasteiger charge is -2.42. The third-order valence-corrected chi connectivity index (χ3v) is 14.5. The molecule has 0 atom stereocenters. The number of hydrogen-bond acceptors (Lipinski definition) is 3. The van der Waals surface area contributed by atoms with Crippen molar-refractivity contribution in [3.05, 3.63) is 259 Å². The number of hydrogen-bond donors (Lipinski definition) is 0. The zero-order chi connectivity index (χ0) is 42.2. The van der Waals surface area contributed by atoms with Crippen molar-refractivity contribution in [2.45, 2.75) is 5.41 Å². The highest BCUT2D eigenvalue weighted by atomic mass is 32.1. The van der Waals surface area contributed by atoms with E-state index in [0.29, 0.717) is 0 Å². The second-order valence-corrected chi connectivity index (χ2v) is 17.9. The minimum Gasteiger partial charge on any atom is -0.457 e. The summed E-state index contributed by atoms with van der Waals surface area (Å²) >= 11 is 1.85. The van der Waals surface area contributed by atoms with Gasteiger partial charge in [0.05, 0.1) is 5.41 Å². The molecule has 2 heterocycles. The van der Waals surface area contributed by atoms with Crippen molar-refractivity contribution in [2.24, 2.45) is 0 Å². The van der Waals surface area contributed by atoms with E-state index < -0.39 is 5.41 Å². The molecule has 1 aromatic heterocycles. The molecule has 0 saturated carbocycles. The van der Waals surface area contributed by atoms with E-state index in [1.165, 1.54) is 64.7 Å². The van der Waals surface area contributed by atoms with Crippen LogP contribution in [0.4, 0.5) is 17.1 Å². The Labute approximate surface area is 376 Å². The second-order valence-electron chi connectivity index (χ2n) is 16.8. The molecular weight excluding hydrogens is 795 g/mol. The molecule has 10 aromatic carbocycles. The predicted molar refractivity (Wildman–Crippen MR) is 268 cm³/mol. The summed E-state index contributed by atoms with van der Waals surface area (Å²) in [6.45, 7) is 0. The van der Waals surface area contributed by atoms with Crippen molar-refractivity contribution in [1.82, 2.24) is 0 Å². The largest absolute Gasteiger partial charge is 0.457 e. The number of anilines is 3. The van der Waals surface area contributed by atoms with Crippen molar-refractivity contribution < 1.29 is 4.74 Å². The van der Waals surface area contributed by atoms with Crippen LogP contribution in [0.2, 0.25) is 0 Å². The van der Waals surface area contributed by atoms with Gasteiger partial charge in [-0.15, -0.1) is 11.3 Å². The van der Waals surface area contributed by atoms with Crippen LogP contribution in [0.1, 0.15) is 22.3 Å². The first-order valence-corrected chi connectivity index (χ1v) is 22.7. The molecule has 0 fully saturated rings. The van der Waals surface area contributed by atoms with E-state index in [4.69, 9.17) is 4.74 Å². The molecule has 1 aliphatic heterocycles. The maximum atomic E-state index is 6.87. The maximum absolute atomic E-state index is 6.87. The first-order valence-electron chi connectivity index (χ1n) is 21.9. The van der Waals surface area contributed by atoms with Gasteiger partial charge in [-0.2, -0.15) is 0 Å². The topological polar surface area (TPSA) is 12.5 Å². The minimum absolute atomic E-state index is 0.652. The summed E-state index contributed by atoms with van der Waals surface area (Å²) in [5.74, 6) is 1.75. The smallest absolute Gasteiger partial charge is 0.132 e. The zero-order valence-corrected chi connectivity index (χ0v) is 35.6. The third kappa shape index (κ3) is 5.58. The summed E-state index contributed by atoms with van der Waals surface area (Å²) in [7, 11) is 0. The molecule has 2 aliphatic rings. The van der Waals surface area contributed by atoms with Gasteiger partial charge in [0.1, 0.15) is 11.5 Å². The fraction of sp³-hybridized carbons (Fsp3) is 0.0164. The van der Waals surface area contributed by atoms with Gasteiger partial charge >= 0.3 is 0 Å². The average molecular weight is 834 g/mol. The van der Waals surface area contributed by atoms with Crippen LogP contribution in [0.25, 0.3) is 64.7 Å². The van der Waals surface area contributed by atoms with Crippen LogP contribution in [0.5, 0.6) is 11.5 Å². The number of fused-ring (bicyclic) bond motifs is 14. The van der Waals surface area contributed by atoms with Gasteiger partial charge in [0.25, 0.3) is 0 Å². The molecule has 1 aliphatic carbocycles. The van der Waals surface area contributed by atoms with E-state index in [0.717, 1.165) is 50.8 Å². The lowest BCUT2D eigenvalue weighted by atomic mass is 9.62. The Morgan fingerprint density at radius 1 is 0.312 bits per heavy atom. The van der Waals surface area contributed by atoms with Gasteiger partial charge in [0.15, 0.2) is 0 Å². The summed E-state index contributed by atoms with van der Waals surface area (Å²) < 4.78 is 9.45. The Bertz CT molecular complexity index is 3520. The molecular formula is C61H39NOS. The molecule has 13 rings (SSSR count). The summed E-state index contributed by atoms with van der Waals surface area (Å²) in [6.07, 6.45) is 0. The fourth-order valence-electron chi connectivity index (χ4n) is 10.5. The van der Waals surface area contributed by atoms with Gasteiger partial charge in [0.2, 0.25) is 0 Å². The molecule has 0 radical (unpaired) electrons. The first kappa shape index (κ1) is 36.7. The van der Waals surface area contributed by atoms with E-state index in [9.17, 15) is 0 Å². The summed E-state index contributed by atoms with van der Waals surface area (Å²) in [5, 5.41) is 2.59. The van der Waals surface area contributed by atoms with Crippen LogP contribution in [0, 0.1) is 0 Å². The summed E-state index contributed by atoms with van der Waals surface area (Å²) in [6, 6.07) is 86.5. The van der Waals surface area contributed by atoms with Gasteiger partial charge in [-0.1, -0.05) is 176 Å². The number of para-hydroxylation sites is 1. The molecule has 0 unspecified atom stereocenters. The monoisotopic (exact) mass is 833 g/mol. The highest BCUT2D eigenvalue weighted by Gasteiger charge is 2.49. The fourth-order valence-corrected chi connectivity index (χ4v) is 11.7. The Hall–Kier alpha value is -7.98. The number of nitrogens with zero attached hydrogens (tertiary/aromatic N) is 1. The van der Waals surface area contributed by atoms with E-state index in [-0.39, 0.29) is 0 Å². The Balaban J connectivity index is 0.968. The van der Waals surface area contributed by atoms with Crippen LogP contribution in [0.3, 0.4) is 0 Å². The maximum Gasteiger partial charge on any atom is 0.132 e. The molecule has 64 heavy (non-hydrogen) atoms. The number of benzene rings is 10. The van der Waals surface area contributed by atoms with E-state index in [1.54, 1.807) is 0 Å². The van der Waals surface area contributed by atoms with Crippen molar-refractivity contribution in [3.63, 3.8) is 0 Å². The van der Waals surface area contributed by atoms with Crippen LogP contribution < -0.4 is 9.64 Å². The van der Waals surface area contributed by atoms with E-state index in [2.05, 4.69) is 241 Å². The summed E-state index contributed by atoms with van der Waals surface area (Å²) in [5.41, 5.74) is 17.1. The van der Waals surface area contributed by atoms with Gasteiger partial charge in [0, 0.05) is 48.4 Å². The molecule has 300 valence electrons. The lowest BCUT2D eigenvalue weighted by Crippen LogP contribution is -2.34. The van der Waals surface area contributed by atoms with Gasteiger partial charge in [-0.05, 0) is 116 Å². The lowest BCUT2D eigenvalue weighted by molar-refractivity contribution is 0.435. The molecule has 2 nitrogen and oxygen atoms in total. The number of thiophene rings is 1. The molecule has 0 bridgehead atoms. The Kier molecular flexibility index (Phi) is 8.34. The van der Waals surface area contributed by atoms with E-state index >= 15 is 0 Å². The van der Waals surface area contributed by atoms with E-state index in [1.807, 2.05) is 11.3 Å². The van der Waals surface area contributed by atoms with Crippen LogP contribution in [0.15, 0.2) is 237 Å². The molecule has 3 heteroatoms. The molecule has 0 amide bonds. The van der Waals surface area contributed by atoms with Gasteiger partial charge < -0.3 is 9.64 Å². The Morgan fingerprint density at radius 2 is 0.797 bits per heavy atom. The minimum atomic E-state index is -0.652. The van der Waals surface area contributed by atoms with Crippen molar-refractivity contribution >= 4 is 48.6 Å². The third-order valence-electron chi connectivity index (χ3n) is 13.4. The molecule has 0 saturated heterocycles. The average Bonchev–Trinajstić information content (AvgIpc) is 3.70. The number of rotatable bonds is 5. The first-order chi connectivity index (χ1) is 31.7. The normalized spacial score (nSPS) is 12.9. The van der Waals surface area contributed by atoms with Gasteiger partial charge in [-0.3, -0.25) is 0 Å². The molecule has 0 N–H and O–H groups in total. The predicted octanol–water partition coefficient (Wildman–Crippen LogP) is 17.0. The highest BCUT2D eigenvalue weighted by molar-refractivity contribution is 7.25. The van der Waals surface area contributed by atoms with Crippen LogP contribution in [-0.4, -0.2) is 0 Å². The van der Waals surface area contributed by atoms with Crippen LogP contribution >= 0.6 is 11.3 Å². The second kappa shape index (κ2) is 14.6. The highest BCUT2D eigenvalue weighted by Crippen LogP contribution is 2.61. The molecule has 1 spiro atoms. The van der Waals surface area contributed by atoms with Gasteiger partial charge in [-0.25, -0.2) is 0 Å². The van der Waals surface area contributed by atoms with Crippen molar-refractivity contribution in [1.29, 1.82) is 0 Å². The zero-order valence-electron chi connectivity index (χ0n) is 34.8. The quantitative estimate of drug-likeness (QED) is 0.171. The van der Waals surface area contributed by atoms with Crippen molar-refractivity contribution in [3.8, 4) is 56.0 Å². The number of ether oxygens (including phenoxy) is 1. The SMILES string of the molecule is c1ccc(-c2ccc(N(c3ccc(-c4ccc5c(c4)C4(c6ccccc6O5)c5ccccc5-c5ccccc5-c5ccccc54)cc3)c3ccc4c(c3)sc3ccccc34)cc2)cc1. The summed E-state index contributed by atoms with van der Waals surface area (Å²) in [4.78, 5) is 2.38. The Morgan fingerprint density at radius 3 is 1.48 bits per heavy atom.